The van der Waals surface area contributed by atoms with Gasteiger partial charge in [0.1, 0.15) is 17.3 Å². The molecule has 3 N–H and O–H groups in total. The number of benzene rings is 2. The molecule has 4 nitrogen and oxygen atoms in total. The Morgan fingerprint density at radius 1 is 1.10 bits per heavy atom. The third-order valence-corrected chi connectivity index (χ3v) is 3.74. The van der Waals surface area contributed by atoms with Crippen LogP contribution in [-0.2, 0) is 0 Å². The van der Waals surface area contributed by atoms with Crippen molar-refractivity contribution < 1.29 is 13.9 Å². The molecule has 0 spiro atoms. The maximum absolute atomic E-state index is 13.6. The van der Waals surface area contributed by atoms with Gasteiger partial charge in [0.25, 0.3) is 0 Å². The second-order valence-corrected chi connectivity index (χ2v) is 5.43. The number of rotatable bonds is 4. The fraction of sp³-hybridized carbons (Fsp3) is 0.143. The maximum Gasteiger partial charge on any atom is 0.144 e. The lowest BCUT2D eigenvalue weighted by Crippen LogP contribution is -2.00. The van der Waals surface area contributed by atoms with Crippen LogP contribution in [0.1, 0.15) is 0 Å². The minimum absolute atomic E-state index is 0.297. The third-order valence-electron chi connectivity index (χ3n) is 2.84. The highest BCUT2D eigenvalue weighted by Crippen LogP contribution is 2.38. The Labute approximate surface area is 135 Å². The molecule has 0 aliphatic heterocycles. The molecule has 0 radical (unpaired) electrons. The summed E-state index contributed by atoms with van der Waals surface area (Å²) in [5.74, 6) is 0.534. The van der Waals surface area contributed by atoms with Gasteiger partial charge < -0.3 is 20.5 Å². The molecular formula is C14H13BrClFN2O2. The number of hydrogen-bond acceptors (Lipinski definition) is 4. The van der Waals surface area contributed by atoms with Crippen LogP contribution in [0.25, 0.3) is 0 Å². The molecule has 7 heteroatoms. The second kappa shape index (κ2) is 6.41. The van der Waals surface area contributed by atoms with Crippen molar-refractivity contribution in [2.45, 2.75) is 0 Å². The number of nitrogens with two attached hydrogens (primary N) is 1. The lowest BCUT2D eigenvalue weighted by molar-refractivity contribution is 0.405. The van der Waals surface area contributed by atoms with E-state index in [1.807, 2.05) is 0 Å². The minimum Gasteiger partial charge on any atom is -0.495 e. The maximum atomic E-state index is 13.6. The van der Waals surface area contributed by atoms with Crippen LogP contribution in [0.5, 0.6) is 11.5 Å². The van der Waals surface area contributed by atoms with Crippen molar-refractivity contribution >= 4 is 44.6 Å². The molecule has 0 aliphatic rings. The summed E-state index contributed by atoms with van der Waals surface area (Å²) in [6.07, 6.45) is 0. The van der Waals surface area contributed by atoms with Crippen molar-refractivity contribution in [3.63, 3.8) is 0 Å². The first kappa shape index (κ1) is 15.7. The fourth-order valence-electron chi connectivity index (χ4n) is 1.77. The van der Waals surface area contributed by atoms with Crippen LogP contribution in [0.15, 0.2) is 28.7 Å². The quantitative estimate of drug-likeness (QED) is 0.768. The standard InChI is InChI=1S/C14H13BrClFN2O2/c1-20-13-6-12(14(21-2)4-8(13)16)19-11-5-9(17)7(15)3-10(11)18/h3-6,19H,18H2,1-2H3. The highest BCUT2D eigenvalue weighted by molar-refractivity contribution is 9.10. The van der Waals surface area contributed by atoms with E-state index < -0.39 is 5.82 Å². The molecule has 0 saturated carbocycles. The van der Waals surface area contributed by atoms with Crippen molar-refractivity contribution in [1.82, 2.24) is 0 Å². The van der Waals surface area contributed by atoms with E-state index in [4.69, 9.17) is 26.8 Å². The van der Waals surface area contributed by atoms with Crippen molar-refractivity contribution in [2.75, 3.05) is 25.3 Å². The van der Waals surface area contributed by atoms with Gasteiger partial charge in [-0.15, -0.1) is 0 Å². The fourth-order valence-corrected chi connectivity index (χ4v) is 2.37. The smallest absolute Gasteiger partial charge is 0.144 e. The molecule has 21 heavy (non-hydrogen) atoms. The summed E-state index contributed by atoms with van der Waals surface area (Å²) in [4.78, 5) is 0. The summed E-state index contributed by atoms with van der Waals surface area (Å²) in [6, 6.07) is 6.03. The zero-order valence-corrected chi connectivity index (χ0v) is 13.7. The number of ether oxygens (including phenoxy) is 2. The zero-order chi connectivity index (χ0) is 15.6. The molecule has 0 saturated heterocycles. The summed E-state index contributed by atoms with van der Waals surface area (Å²) >= 11 is 9.12. The van der Waals surface area contributed by atoms with Gasteiger partial charge >= 0.3 is 0 Å². The van der Waals surface area contributed by atoms with Crippen molar-refractivity contribution in [3.05, 3.63) is 39.6 Å². The molecule has 112 valence electrons. The monoisotopic (exact) mass is 374 g/mol. The molecule has 0 heterocycles. The van der Waals surface area contributed by atoms with E-state index in [-0.39, 0.29) is 0 Å². The summed E-state index contributed by atoms with van der Waals surface area (Å²) in [6.45, 7) is 0. The number of nitrogens with one attached hydrogen (secondary N) is 1. The first-order valence-electron chi connectivity index (χ1n) is 5.89. The Morgan fingerprint density at radius 2 is 1.76 bits per heavy atom. The Bertz CT molecular complexity index is 683. The van der Waals surface area contributed by atoms with Gasteiger partial charge in [-0.05, 0) is 22.0 Å². The van der Waals surface area contributed by atoms with Crippen LogP contribution < -0.4 is 20.5 Å². The molecule has 2 rings (SSSR count). The van der Waals surface area contributed by atoms with Gasteiger partial charge in [0.2, 0.25) is 0 Å². The Morgan fingerprint density at radius 3 is 2.38 bits per heavy atom. The number of anilines is 3. The Hall–Kier alpha value is -1.66. The first-order valence-corrected chi connectivity index (χ1v) is 7.06. The Balaban J connectivity index is 2.45. The summed E-state index contributed by atoms with van der Waals surface area (Å²) < 4.78 is 24.3. The first-order chi connectivity index (χ1) is 9.96. The van der Waals surface area contributed by atoms with Crippen LogP contribution in [-0.4, -0.2) is 14.2 Å². The van der Waals surface area contributed by atoms with Gasteiger partial charge in [-0.3, -0.25) is 0 Å². The summed E-state index contributed by atoms with van der Waals surface area (Å²) in [5, 5.41) is 3.42. The van der Waals surface area contributed by atoms with Gasteiger partial charge in [0.15, 0.2) is 0 Å². The highest BCUT2D eigenvalue weighted by Gasteiger charge is 2.12. The van der Waals surface area contributed by atoms with Crippen molar-refractivity contribution in [3.8, 4) is 11.5 Å². The molecule has 0 atom stereocenters. The second-order valence-electron chi connectivity index (χ2n) is 4.17. The van der Waals surface area contributed by atoms with E-state index >= 15 is 0 Å². The molecule has 0 aliphatic carbocycles. The van der Waals surface area contributed by atoms with Crippen LogP contribution >= 0.6 is 27.5 Å². The summed E-state index contributed by atoms with van der Waals surface area (Å²) in [7, 11) is 3.01. The van der Waals surface area contributed by atoms with Crippen molar-refractivity contribution in [1.29, 1.82) is 0 Å². The van der Waals surface area contributed by atoms with E-state index in [0.717, 1.165) is 0 Å². The number of hydrogen-bond donors (Lipinski definition) is 2. The van der Waals surface area contributed by atoms with Crippen LogP contribution in [0.4, 0.5) is 21.5 Å². The topological polar surface area (TPSA) is 56.5 Å². The third kappa shape index (κ3) is 3.33. The molecule has 0 amide bonds. The number of methoxy groups -OCH3 is 2. The van der Waals surface area contributed by atoms with Gasteiger partial charge in [-0.1, -0.05) is 11.6 Å². The van der Waals surface area contributed by atoms with E-state index in [9.17, 15) is 4.39 Å². The van der Waals surface area contributed by atoms with Crippen LogP contribution in [0.3, 0.4) is 0 Å². The van der Waals surface area contributed by atoms with Crippen LogP contribution in [0.2, 0.25) is 5.02 Å². The Kier molecular flexibility index (Phi) is 4.80. The predicted molar refractivity (Wildman–Crippen MR) is 86.4 cm³/mol. The van der Waals surface area contributed by atoms with Crippen molar-refractivity contribution in [2.24, 2.45) is 0 Å². The zero-order valence-electron chi connectivity index (χ0n) is 11.3. The molecule has 0 aromatic heterocycles. The minimum atomic E-state index is -0.424. The van der Waals surface area contributed by atoms with E-state index in [0.29, 0.717) is 38.1 Å². The molecule has 0 bridgehead atoms. The number of halogens is 3. The average molecular weight is 376 g/mol. The average Bonchev–Trinajstić information content (AvgIpc) is 2.45. The molecule has 2 aromatic rings. The highest BCUT2D eigenvalue weighted by atomic mass is 79.9. The lowest BCUT2D eigenvalue weighted by atomic mass is 10.2. The molecule has 0 unspecified atom stereocenters. The summed E-state index contributed by atoms with van der Waals surface area (Å²) in [5.41, 5.74) is 7.24. The van der Waals surface area contributed by atoms with E-state index in [1.165, 1.54) is 26.4 Å². The molecule has 2 aromatic carbocycles. The number of nitrogen functional groups attached to an aromatic ring is 1. The lowest BCUT2D eigenvalue weighted by Gasteiger charge is -2.15. The van der Waals surface area contributed by atoms with Gasteiger partial charge in [0, 0.05) is 18.2 Å². The van der Waals surface area contributed by atoms with Gasteiger partial charge in [-0.2, -0.15) is 0 Å². The van der Waals surface area contributed by atoms with Gasteiger partial charge in [0.05, 0.1) is 40.8 Å². The molecular weight excluding hydrogens is 363 g/mol. The largest absolute Gasteiger partial charge is 0.495 e. The predicted octanol–water partition coefficient (Wildman–Crippen LogP) is 4.58. The molecule has 0 fully saturated rings. The van der Waals surface area contributed by atoms with E-state index in [2.05, 4.69) is 21.2 Å². The van der Waals surface area contributed by atoms with Crippen LogP contribution in [0, 0.1) is 5.82 Å². The van der Waals surface area contributed by atoms with Gasteiger partial charge in [-0.25, -0.2) is 4.39 Å². The normalized spacial score (nSPS) is 10.3. The van der Waals surface area contributed by atoms with E-state index in [1.54, 1.807) is 12.1 Å². The SMILES string of the molecule is COc1cc(Nc2cc(F)c(Br)cc2N)c(OC)cc1Cl.